The summed E-state index contributed by atoms with van der Waals surface area (Å²) in [5, 5.41) is 14.2. The Balaban J connectivity index is 1.86. The lowest BCUT2D eigenvalue weighted by Gasteiger charge is -2.19. The van der Waals surface area contributed by atoms with E-state index in [0.717, 1.165) is 43.7 Å². The van der Waals surface area contributed by atoms with Crippen LogP contribution in [0.3, 0.4) is 0 Å². The lowest BCUT2D eigenvalue weighted by atomic mass is 9.86. The van der Waals surface area contributed by atoms with Gasteiger partial charge in [0, 0.05) is 16.2 Å². The molecule has 2 aromatic heterocycles. The van der Waals surface area contributed by atoms with Crippen molar-refractivity contribution < 1.29 is 4.42 Å². The first-order valence-corrected chi connectivity index (χ1v) is 11.2. The first-order chi connectivity index (χ1) is 16.4. The Bertz CT molecular complexity index is 1860. The standard InChI is InChI=1S/C30H21N3O/c1-30(2,3)18-12-14-25-21(16-18)28-26(33(25)24-10-7-9-23(32-4)22(24)17-31)15-13-20-19-8-5-6-11-27(19)34-29(20)28/h5-16H,1-3H3. The summed E-state index contributed by atoms with van der Waals surface area (Å²) in [6.45, 7) is 14.2. The van der Waals surface area contributed by atoms with Gasteiger partial charge in [-0.15, -0.1) is 0 Å². The van der Waals surface area contributed by atoms with Gasteiger partial charge in [-0.25, -0.2) is 4.85 Å². The van der Waals surface area contributed by atoms with Gasteiger partial charge in [-0.2, -0.15) is 5.26 Å². The Kier molecular flexibility index (Phi) is 4.12. The molecule has 162 valence electrons. The SMILES string of the molecule is [C-]#[N+]c1cccc(-n2c3ccc(C(C)(C)C)cc3c3c4oc5ccccc5c4ccc32)c1C#N. The number of hydrogen-bond acceptors (Lipinski definition) is 2. The molecule has 0 aliphatic heterocycles. The molecular weight excluding hydrogens is 418 g/mol. The van der Waals surface area contributed by atoms with E-state index in [1.165, 1.54) is 5.56 Å². The molecule has 0 aliphatic carbocycles. The molecule has 0 radical (unpaired) electrons. The van der Waals surface area contributed by atoms with E-state index >= 15 is 0 Å². The first-order valence-electron chi connectivity index (χ1n) is 11.2. The Morgan fingerprint density at radius 1 is 0.882 bits per heavy atom. The molecule has 4 nitrogen and oxygen atoms in total. The number of aromatic nitrogens is 1. The van der Waals surface area contributed by atoms with Crippen LogP contribution in [0.15, 0.2) is 77.2 Å². The minimum Gasteiger partial charge on any atom is -0.455 e. The van der Waals surface area contributed by atoms with Crippen LogP contribution in [0.2, 0.25) is 0 Å². The van der Waals surface area contributed by atoms with Crippen LogP contribution in [0.5, 0.6) is 0 Å². The van der Waals surface area contributed by atoms with E-state index in [4.69, 9.17) is 11.0 Å². The fraction of sp³-hybridized carbons (Fsp3) is 0.133. The molecule has 0 spiro atoms. The highest BCUT2D eigenvalue weighted by Gasteiger charge is 2.23. The Labute approximate surface area is 197 Å². The zero-order chi connectivity index (χ0) is 23.6. The molecule has 4 heteroatoms. The van der Waals surface area contributed by atoms with Gasteiger partial charge in [-0.3, -0.25) is 0 Å². The minimum atomic E-state index is -0.0216. The van der Waals surface area contributed by atoms with Gasteiger partial charge in [0.1, 0.15) is 11.2 Å². The number of nitriles is 1. The van der Waals surface area contributed by atoms with Crippen molar-refractivity contribution in [3.63, 3.8) is 0 Å². The summed E-state index contributed by atoms with van der Waals surface area (Å²) in [5.74, 6) is 0. The average molecular weight is 440 g/mol. The van der Waals surface area contributed by atoms with Crippen molar-refractivity contribution in [3.8, 4) is 11.8 Å². The second-order valence-electron chi connectivity index (χ2n) is 9.65. The van der Waals surface area contributed by atoms with Gasteiger partial charge in [0.2, 0.25) is 5.69 Å². The van der Waals surface area contributed by atoms with Crippen molar-refractivity contribution in [1.29, 1.82) is 5.26 Å². The van der Waals surface area contributed by atoms with Crippen molar-refractivity contribution in [3.05, 3.63) is 95.3 Å². The molecule has 6 rings (SSSR count). The predicted molar refractivity (Wildman–Crippen MR) is 138 cm³/mol. The second kappa shape index (κ2) is 6.98. The molecule has 0 fully saturated rings. The quantitative estimate of drug-likeness (QED) is 0.241. The van der Waals surface area contributed by atoms with Gasteiger partial charge >= 0.3 is 0 Å². The van der Waals surface area contributed by atoms with Gasteiger partial charge in [-0.05, 0) is 47.4 Å². The van der Waals surface area contributed by atoms with Crippen molar-refractivity contribution in [1.82, 2.24) is 4.57 Å². The van der Waals surface area contributed by atoms with Gasteiger partial charge in [0.15, 0.2) is 0 Å². The normalized spacial score (nSPS) is 11.9. The van der Waals surface area contributed by atoms with Gasteiger partial charge in [0.25, 0.3) is 0 Å². The zero-order valence-corrected chi connectivity index (χ0v) is 19.2. The number of nitrogens with zero attached hydrogens (tertiary/aromatic N) is 3. The molecule has 0 unspecified atom stereocenters. The molecule has 0 amide bonds. The van der Waals surface area contributed by atoms with E-state index in [-0.39, 0.29) is 5.41 Å². The molecule has 34 heavy (non-hydrogen) atoms. The Hall–Kier alpha value is -4.54. The third-order valence-corrected chi connectivity index (χ3v) is 6.63. The monoisotopic (exact) mass is 439 g/mol. The molecule has 0 saturated heterocycles. The van der Waals surface area contributed by atoms with Crippen LogP contribution in [0.1, 0.15) is 31.9 Å². The lowest BCUT2D eigenvalue weighted by molar-refractivity contribution is 0.591. The highest BCUT2D eigenvalue weighted by atomic mass is 16.3. The Morgan fingerprint density at radius 3 is 2.44 bits per heavy atom. The summed E-state index contributed by atoms with van der Waals surface area (Å²) < 4.78 is 8.52. The Morgan fingerprint density at radius 2 is 1.68 bits per heavy atom. The van der Waals surface area contributed by atoms with E-state index in [1.54, 1.807) is 6.07 Å². The van der Waals surface area contributed by atoms with Crippen LogP contribution in [-0.2, 0) is 5.41 Å². The number of fused-ring (bicyclic) bond motifs is 7. The topological polar surface area (TPSA) is 46.2 Å². The summed E-state index contributed by atoms with van der Waals surface area (Å²) >= 11 is 0. The smallest absolute Gasteiger partial charge is 0.206 e. The number of para-hydroxylation sites is 1. The van der Waals surface area contributed by atoms with Gasteiger partial charge in [-0.1, -0.05) is 57.2 Å². The number of hydrogen-bond donors (Lipinski definition) is 0. The van der Waals surface area contributed by atoms with Gasteiger partial charge < -0.3 is 8.98 Å². The lowest BCUT2D eigenvalue weighted by Crippen LogP contribution is -2.10. The molecule has 0 bridgehead atoms. The zero-order valence-electron chi connectivity index (χ0n) is 19.2. The summed E-state index contributed by atoms with van der Waals surface area (Å²) in [6.07, 6.45) is 0. The van der Waals surface area contributed by atoms with Crippen LogP contribution in [0.25, 0.3) is 54.3 Å². The predicted octanol–water partition coefficient (Wildman–Crippen LogP) is 8.40. The largest absolute Gasteiger partial charge is 0.455 e. The maximum Gasteiger partial charge on any atom is 0.206 e. The number of benzene rings is 4. The molecule has 0 atom stereocenters. The fourth-order valence-corrected chi connectivity index (χ4v) is 4.93. The van der Waals surface area contributed by atoms with Crippen molar-refractivity contribution in [2.45, 2.75) is 26.2 Å². The van der Waals surface area contributed by atoms with Crippen LogP contribution in [0, 0.1) is 17.9 Å². The summed E-state index contributed by atoms with van der Waals surface area (Å²) in [6, 6.07) is 26.5. The molecule has 0 saturated carbocycles. The summed E-state index contributed by atoms with van der Waals surface area (Å²) in [7, 11) is 0. The highest BCUT2D eigenvalue weighted by Crippen LogP contribution is 2.42. The first kappa shape index (κ1) is 20.1. The maximum atomic E-state index is 9.97. The number of furan rings is 1. The van der Waals surface area contributed by atoms with Crippen molar-refractivity contribution in [2.75, 3.05) is 0 Å². The van der Waals surface area contributed by atoms with Crippen LogP contribution in [0.4, 0.5) is 5.69 Å². The summed E-state index contributed by atoms with van der Waals surface area (Å²) in [4.78, 5) is 3.59. The second-order valence-corrected chi connectivity index (χ2v) is 9.65. The van der Waals surface area contributed by atoms with E-state index in [2.05, 4.69) is 72.7 Å². The molecule has 4 aromatic carbocycles. The average Bonchev–Trinajstić information content (AvgIpc) is 3.37. The van der Waals surface area contributed by atoms with Gasteiger partial charge in [0.05, 0.1) is 40.3 Å². The molecule has 0 N–H and O–H groups in total. The van der Waals surface area contributed by atoms with E-state index < -0.39 is 0 Å². The third-order valence-electron chi connectivity index (χ3n) is 6.63. The van der Waals surface area contributed by atoms with Crippen LogP contribution in [-0.4, -0.2) is 4.57 Å². The summed E-state index contributed by atoms with van der Waals surface area (Å²) in [5.41, 5.74) is 6.26. The molecule has 0 aliphatic rings. The third kappa shape index (κ3) is 2.70. The van der Waals surface area contributed by atoms with E-state index in [1.807, 2.05) is 30.3 Å². The van der Waals surface area contributed by atoms with Crippen LogP contribution < -0.4 is 0 Å². The van der Waals surface area contributed by atoms with Crippen molar-refractivity contribution in [2.24, 2.45) is 0 Å². The van der Waals surface area contributed by atoms with Crippen LogP contribution >= 0.6 is 0 Å². The molecule has 2 heterocycles. The van der Waals surface area contributed by atoms with E-state index in [9.17, 15) is 5.26 Å². The maximum absolute atomic E-state index is 9.97. The molecule has 6 aromatic rings. The number of rotatable bonds is 1. The fourth-order valence-electron chi connectivity index (χ4n) is 4.93. The van der Waals surface area contributed by atoms with E-state index in [0.29, 0.717) is 16.9 Å². The minimum absolute atomic E-state index is 0.0216. The molecular formula is C30H21N3O. The highest BCUT2D eigenvalue weighted by molar-refractivity contribution is 6.24. The van der Waals surface area contributed by atoms with Crippen molar-refractivity contribution >= 4 is 49.4 Å².